The summed E-state index contributed by atoms with van der Waals surface area (Å²) in [6, 6.07) is -0.492. The Morgan fingerprint density at radius 1 is 1.55 bits per heavy atom. The summed E-state index contributed by atoms with van der Waals surface area (Å²) in [6.45, 7) is 1.14. The van der Waals surface area contributed by atoms with Crippen molar-refractivity contribution in [2.75, 3.05) is 25.6 Å². The fourth-order valence-electron chi connectivity index (χ4n) is 1.36. The SMILES string of the molecule is COCCn1cc(NC(=O)NCCC(O)C(=O)O)cn1. The smallest absolute Gasteiger partial charge is 0.332 e. The molecular formula is C11H18N4O5. The first-order valence-corrected chi connectivity index (χ1v) is 6.00. The standard InChI is InChI=1S/C11H18N4O5/c1-20-5-4-15-7-8(6-13-15)14-11(19)12-3-2-9(16)10(17)18/h6-7,9,16H,2-5H2,1H3,(H,17,18)(H2,12,14,19). The highest BCUT2D eigenvalue weighted by atomic mass is 16.5. The molecule has 9 heteroatoms. The molecule has 1 heterocycles. The van der Waals surface area contributed by atoms with Crippen LogP contribution in [-0.4, -0.2) is 58.4 Å². The van der Waals surface area contributed by atoms with Crippen molar-refractivity contribution >= 4 is 17.7 Å². The summed E-state index contributed by atoms with van der Waals surface area (Å²) in [5.41, 5.74) is 0.511. The highest BCUT2D eigenvalue weighted by molar-refractivity contribution is 5.88. The number of nitrogens with zero attached hydrogens (tertiary/aromatic N) is 2. The third kappa shape index (κ3) is 5.67. The Morgan fingerprint density at radius 3 is 2.95 bits per heavy atom. The number of rotatable bonds is 8. The maximum absolute atomic E-state index is 11.5. The van der Waals surface area contributed by atoms with Crippen molar-refractivity contribution in [1.82, 2.24) is 15.1 Å². The molecule has 1 aromatic rings. The number of ether oxygens (including phenoxy) is 1. The average molecular weight is 286 g/mol. The van der Waals surface area contributed by atoms with E-state index in [2.05, 4.69) is 15.7 Å². The number of carboxylic acids is 1. The van der Waals surface area contributed by atoms with Gasteiger partial charge in [-0.15, -0.1) is 0 Å². The third-order valence-electron chi connectivity index (χ3n) is 2.40. The van der Waals surface area contributed by atoms with E-state index in [1.165, 1.54) is 6.20 Å². The normalized spacial score (nSPS) is 11.9. The molecule has 2 amide bonds. The predicted octanol–water partition coefficient (Wildman–Crippen LogP) is -0.513. The zero-order valence-corrected chi connectivity index (χ0v) is 11.1. The molecule has 0 radical (unpaired) electrons. The number of aliphatic carboxylic acids is 1. The maximum atomic E-state index is 11.5. The number of aliphatic hydroxyl groups excluding tert-OH is 1. The summed E-state index contributed by atoms with van der Waals surface area (Å²) in [7, 11) is 1.58. The lowest BCUT2D eigenvalue weighted by Gasteiger charge is -2.07. The largest absolute Gasteiger partial charge is 0.479 e. The van der Waals surface area contributed by atoms with Crippen molar-refractivity contribution in [1.29, 1.82) is 0 Å². The van der Waals surface area contributed by atoms with E-state index in [0.29, 0.717) is 18.8 Å². The third-order valence-corrected chi connectivity index (χ3v) is 2.40. The molecule has 4 N–H and O–H groups in total. The number of amides is 2. The Balaban J connectivity index is 2.28. The molecule has 1 atom stereocenters. The van der Waals surface area contributed by atoms with E-state index in [1.807, 2.05) is 0 Å². The lowest BCUT2D eigenvalue weighted by Crippen LogP contribution is -2.32. The van der Waals surface area contributed by atoms with Gasteiger partial charge in [-0.05, 0) is 0 Å². The Kier molecular flexibility index (Phi) is 6.47. The van der Waals surface area contributed by atoms with Gasteiger partial charge in [0.25, 0.3) is 0 Å². The van der Waals surface area contributed by atoms with Gasteiger partial charge in [-0.25, -0.2) is 9.59 Å². The van der Waals surface area contributed by atoms with E-state index in [0.717, 1.165) is 0 Å². The molecule has 1 aromatic heterocycles. The second kappa shape index (κ2) is 8.12. The number of carboxylic acid groups (broad SMARTS) is 1. The molecule has 112 valence electrons. The predicted molar refractivity (Wildman–Crippen MR) is 69.4 cm³/mol. The quantitative estimate of drug-likeness (QED) is 0.510. The second-order valence-corrected chi connectivity index (χ2v) is 4.01. The van der Waals surface area contributed by atoms with Crippen LogP contribution in [0.5, 0.6) is 0 Å². The van der Waals surface area contributed by atoms with Gasteiger partial charge in [0, 0.05) is 26.3 Å². The van der Waals surface area contributed by atoms with Gasteiger partial charge >= 0.3 is 12.0 Å². The van der Waals surface area contributed by atoms with Gasteiger partial charge in [-0.3, -0.25) is 4.68 Å². The number of nitrogens with one attached hydrogen (secondary N) is 2. The van der Waals surface area contributed by atoms with Gasteiger partial charge < -0.3 is 25.6 Å². The molecule has 0 aromatic carbocycles. The number of urea groups is 1. The minimum absolute atomic E-state index is 0.0527. The lowest BCUT2D eigenvalue weighted by atomic mass is 10.2. The highest BCUT2D eigenvalue weighted by Gasteiger charge is 2.12. The molecule has 0 aliphatic rings. The number of methoxy groups -OCH3 is 1. The maximum Gasteiger partial charge on any atom is 0.332 e. The van der Waals surface area contributed by atoms with E-state index in [4.69, 9.17) is 14.9 Å². The summed E-state index contributed by atoms with van der Waals surface area (Å²) in [6.07, 6.45) is 1.59. The molecule has 0 bridgehead atoms. The first kappa shape index (κ1) is 15.9. The van der Waals surface area contributed by atoms with Gasteiger partial charge in [0.1, 0.15) is 0 Å². The monoisotopic (exact) mass is 286 g/mol. The van der Waals surface area contributed by atoms with E-state index >= 15 is 0 Å². The fourth-order valence-corrected chi connectivity index (χ4v) is 1.36. The molecule has 0 aliphatic heterocycles. The van der Waals surface area contributed by atoms with Crippen LogP contribution in [0.1, 0.15) is 6.42 Å². The minimum Gasteiger partial charge on any atom is -0.479 e. The van der Waals surface area contributed by atoms with Crippen molar-refractivity contribution in [2.45, 2.75) is 19.1 Å². The molecule has 0 fully saturated rings. The number of anilines is 1. The molecular weight excluding hydrogens is 268 g/mol. The van der Waals surface area contributed by atoms with Gasteiger partial charge in [0.05, 0.1) is 25.0 Å². The molecule has 1 rings (SSSR count). The number of hydrogen-bond donors (Lipinski definition) is 4. The number of carbonyl (C=O) groups is 2. The Labute approximate surface area is 115 Å². The topological polar surface area (TPSA) is 126 Å². The first-order chi connectivity index (χ1) is 9.52. The van der Waals surface area contributed by atoms with E-state index < -0.39 is 18.1 Å². The van der Waals surface area contributed by atoms with Crippen molar-refractivity contribution in [3.63, 3.8) is 0 Å². The molecule has 9 nitrogen and oxygen atoms in total. The number of carbonyl (C=O) groups excluding carboxylic acids is 1. The van der Waals surface area contributed by atoms with Crippen LogP contribution in [0.2, 0.25) is 0 Å². The summed E-state index contributed by atoms with van der Waals surface area (Å²) in [5, 5.41) is 26.5. The Hall–Kier alpha value is -2.13. The number of aliphatic hydroxyl groups is 1. The lowest BCUT2D eigenvalue weighted by molar-refractivity contribution is -0.146. The minimum atomic E-state index is -1.48. The summed E-state index contributed by atoms with van der Waals surface area (Å²) in [4.78, 5) is 21.8. The van der Waals surface area contributed by atoms with E-state index in [9.17, 15) is 9.59 Å². The Morgan fingerprint density at radius 2 is 2.30 bits per heavy atom. The summed E-state index contributed by atoms with van der Waals surface area (Å²) >= 11 is 0. The number of aromatic nitrogens is 2. The molecule has 0 saturated carbocycles. The van der Waals surface area contributed by atoms with Gasteiger partial charge in [-0.1, -0.05) is 0 Å². The van der Waals surface area contributed by atoms with Crippen LogP contribution in [0.15, 0.2) is 12.4 Å². The van der Waals surface area contributed by atoms with E-state index in [-0.39, 0.29) is 13.0 Å². The summed E-state index contributed by atoms with van der Waals surface area (Å²) in [5.74, 6) is -1.31. The highest BCUT2D eigenvalue weighted by Crippen LogP contribution is 2.04. The molecule has 0 saturated heterocycles. The molecule has 0 aliphatic carbocycles. The van der Waals surface area contributed by atoms with Crippen molar-refractivity contribution in [2.24, 2.45) is 0 Å². The molecule has 20 heavy (non-hydrogen) atoms. The number of hydrogen-bond acceptors (Lipinski definition) is 5. The fraction of sp³-hybridized carbons (Fsp3) is 0.545. The van der Waals surface area contributed by atoms with Crippen LogP contribution in [-0.2, 0) is 16.1 Å². The van der Waals surface area contributed by atoms with Gasteiger partial charge in [-0.2, -0.15) is 5.10 Å². The zero-order chi connectivity index (χ0) is 15.0. The van der Waals surface area contributed by atoms with Crippen LogP contribution in [0.3, 0.4) is 0 Å². The van der Waals surface area contributed by atoms with Crippen molar-refractivity contribution in [3.8, 4) is 0 Å². The zero-order valence-electron chi connectivity index (χ0n) is 11.1. The van der Waals surface area contributed by atoms with Gasteiger partial charge in [0.15, 0.2) is 6.10 Å². The van der Waals surface area contributed by atoms with Crippen LogP contribution < -0.4 is 10.6 Å². The van der Waals surface area contributed by atoms with Crippen molar-refractivity contribution < 1.29 is 24.5 Å². The van der Waals surface area contributed by atoms with Crippen LogP contribution in [0, 0.1) is 0 Å². The van der Waals surface area contributed by atoms with Crippen LogP contribution in [0.25, 0.3) is 0 Å². The molecule has 0 spiro atoms. The Bertz CT molecular complexity index is 448. The van der Waals surface area contributed by atoms with E-state index in [1.54, 1.807) is 18.0 Å². The summed E-state index contributed by atoms with van der Waals surface area (Å²) < 4.78 is 6.52. The average Bonchev–Trinajstić information content (AvgIpc) is 2.83. The van der Waals surface area contributed by atoms with Crippen molar-refractivity contribution in [3.05, 3.63) is 12.4 Å². The van der Waals surface area contributed by atoms with Crippen LogP contribution >= 0.6 is 0 Å². The first-order valence-electron chi connectivity index (χ1n) is 6.00. The molecule has 1 unspecified atom stereocenters. The second-order valence-electron chi connectivity index (χ2n) is 4.01. The van der Waals surface area contributed by atoms with Crippen LogP contribution in [0.4, 0.5) is 10.5 Å². The van der Waals surface area contributed by atoms with Gasteiger partial charge in [0.2, 0.25) is 0 Å².